The molecule has 118 valence electrons. The Balaban J connectivity index is 2.01. The second kappa shape index (κ2) is 6.95. The van der Waals surface area contributed by atoms with Crippen molar-refractivity contribution in [3.8, 4) is 5.75 Å². The van der Waals surface area contributed by atoms with Gasteiger partial charge < -0.3 is 25.4 Å². The van der Waals surface area contributed by atoms with Crippen molar-refractivity contribution >= 4 is 11.4 Å². The van der Waals surface area contributed by atoms with E-state index in [4.69, 9.17) is 15.2 Å². The zero-order valence-corrected chi connectivity index (χ0v) is 12.9. The molecule has 0 aromatic heterocycles. The molecular formula is C15H24FN3O2. The van der Waals surface area contributed by atoms with Crippen molar-refractivity contribution in [1.82, 2.24) is 4.90 Å². The van der Waals surface area contributed by atoms with Gasteiger partial charge in [0.1, 0.15) is 0 Å². The molecule has 1 fully saturated rings. The molecule has 1 aromatic carbocycles. The average Bonchev–Trinajstić information content (AvgIpc) is 2.40. The van der Waals surface area contributed by atoms with E-state index in [1.165, 1.54) is 6.07 Å². The van der Waals surface area contributed by atoms with E-state index in [9.17, 15) is 4.39 Å². The highest BCUT2D eigenvalue weighted by atomic mass is 19.1. The second-order valence-corrected chi connectivity index (χ2v) is 5.67. The molecule has 1 aliphatic rings. The fourth-order valence-corrected chi connectivity index (χ4v) is 2.28. The Hall–Kier alpha value is -1.53. The molecule has 2 rings (SSSR count). The van der Waals surface area contributed by atoms with Gasteiger partial charge in [-0.05, 0) is 20.9 Å². The lowest BCUT2D eigenvalue weighted by molar-refractivity contribution is -0.0117. The van der Waals surface area contributed by atoms with Crippen LogP contribution >= 0.6 is 0 Å². The van der Waals surface area contributed by atoms with Gasteiger partial charge in [-0.15, -0.1) is 0 Å². The van der Waals surface area contributed by atoms with E-state index < -0.39 is 5.82 Å². The first kappa shape index (κ1) is 15.9. The van der Waals surface area contributed by atoms with Crippen molar-refractivity contribution < 1.29 is 13.9 Å². The monoisotopic (exact) mass is 297 g/mol. The maximum absolute atomic E-state index is 13.8. The van der Waals surface area contributed by atoms with E-state index in [1.807, 2.05) is 13.8 Å². The fourth-order valence-electron chi connectivity index (χ4n) is 2.28. The highest BCUT2D eigenvalue weighted by Gasteiger charge is 2.18. The molecule has 6 heteroatoms. The van der Waals surface area contributed by atoms with Gasteiger partial charge in [0.25, 0.3) is 0 Å². The largest absolute Gasteiger partial charge is 0.488 e. The summed E-state index contributed by atoms with van der Waals surface area (Å²) < 4.78 is 24.9. The molecule has 5 nitrogen and oxygen atoms in total. The first-order valence-corrected chi connectivity index (χ1v) is 7.25. The number of nitrogens with two attached hydrogens (primary N) is 1. The SMILES string of the molecule is CC(C)Oc1cc(NCC2CN(C)CCO2)c(N)cc1F. The molecule has 1 aliphatic heterocycles. The maximum Gasteiger partial charge on any atom is 0.167 e. The molecule has 0 bridgehead atoms. The Morgan fingerprint density at radius 3 is 2.95 bits per heavy atom. The van der Waals surface area contributed by atoms with Crippen molar-refractivity contribution in [1.29, 1.82) is 0 Å². The predicted molar refractivity (Wildman–Crippen MR) is 82.3 cm³/mol. The van der Waals surface area contributed by atoms with Crippen molar-refractivity contribution in [3.63, 3.8) is 0 Å². The van der Waals surface area contributed by atoms with Crippen LogP contribution in [0.4, 0.5) is 15.8 Å². The van der Waals surface area contributed by atoms with Crippen LogP contribution in [0.3, 0.4) is 0 Å². The molecule has 1 heterocycles. The van der Waals surface area contributed by atoms with Crippen LogP contribution in [0.5, 0.6) is 5.75 Å². The van der Waals surface area contributed by atoms with Gasteiger partial charge in [0, 0.05) is 31.8 Å². The van der Waals surface area contributed by atoms with Crippen LogP contribution in [0.2, 0.25) is 0 Å². The van der Waals surface area contributed by atoms with Gasteiger partial charge in [-0.25, -0.2) is 4.39 Å². The number of hydrogen-bond acceptors (Lipinski definition) is 5. The number of ether oxygens (including phenoxy) is 2. The van der Waals surface area contributed by atoms with Crippen LogP contribution in [0.1, 0.15) is 13.8 Å². The minimum Gasteiger partial charge on any atom is -0.488 e. The van der Waals surface area contributed by atoms with Crippen LogP contribution in [0, 0.1) is 5.82 Å². The van der Waals surface area contributed by atoms with Crippen LogP contribution in [-0.4, -0.2) is 50.4 Å². The quantitative estimate of drug-likeness (QED) is 0.813. The van der Waals surface area contributed by atoms with E-state index in [0.29, 0.717) is 17.9 Å². The first-order chi connectivity index (χ1) is 9.95. The number of rotatable bonds is 5. The molecule has 1 atom stereocenters. The Morgan fingerprint density at radius 1 is 1.52 bits per heavy atom. The Bertz CT molecular complexity index is 482. The summed E-state index contributed by atoms with van der Waals surface area (Å²) in [4.78, 5) is 2.22. The van der Waals surface area contributed by atoms with Crippen molar-refractivity contribution in [2.45, 2.75) is 26.1 Å². The Kier molecular flexibility index (Phi) is 5.25. The topological polar surface area (TPSA) is 59.8 Å². The standard InChI is InChI=1S/C15H24FN3O2/c1-10(2)21-15-7-14(13(17)6-12(15)16)18-8-11-9-19(3)4-5-20-11/h6-7,10-11,18H,4-5,8-9,17H2,1-3H3. The smallest absolute Gasteiger partial charge is 0.167 e. The van der Waals surface area contributed by atoms with Crippen LogP contribution in [0.25, 0.3) is 0 Å². The number of nitrogens with one attached hydrogen (secondary N) is 1. The Morgan fingerprint density at radius 2 is 2.29 bits per heavy atom. The molecule has 0 radical (unpaired) electrons. The third-order valence-electron chi connectivity index (χ3n) is 3.33. The first-order valence-electron chi connectivity index (χ1n) is 7.25. The summed E-state index contributed by atoms with van der Waals surface area (Å²) in [6.45, 7) is 6.87. The van der Waals surface area contributed by atoms with Crippen LogP contribution < -0.4 is 15.8 Å². The molecule has 21 heavy (non-hydrogen) atoms. The average molecular weight is 297 g/mol. The molecule has 1 aromatic rings. The van der Waals surface area contributed by atoms with Gasteiger partial charge in [0.2, 0.25) is 0 Å². The van der Waals surface area contributed by atoms with E-state index in [0.717, 1.165) is 19.7 Å². The zero-order chi connectivity index (χ0) is 15.4. The van der Waals surface area contributed by atoms with Crippen LogP contribution in [0.15, 0.2) is 12.1 Å². The summed E-state index contributed by atoms with van der Waals surface area (Å²) in [6, 6.07) is 2.89. The van der Waals surface area contributed by atoms with E-state index in [2.05, 4.69) is 17.3 Å². The number of morpholine rings is 1. The highest BCUT2D eigenvalue weighted by molar-refractivity contribution is 5.68. The third kappa shape index (κ3) is 4.47. The van der Waals surface area contributed by atoms with Gasteiger partial charge in [0.15, 0.2) is 11.6 Å². The number of nitrogen functional groups attached to an aromatic ring is 1. The minimum atomic E-state index is -0.444. The van der Waals surface area contributed by atoms with Crippen molar-refractivity contribution in [2.75, 3.05) is 44.3 Å². The molecule has 0 spiro atoms. The molecule has 3 N–H and O–H groups in total. The lowest BCUT2D eigenvalue weighted by Crippen LogP contribution is -2.43. The number of benzene rings is 1. The minimum absolute atomic E-state index is 0.0914. The molecule has 1 unspecified atom stereocenters. The summed E-state index contributed by atoms with van der Waals surface area (Å²) in [7, 11) is 2.07. The zero-order valence-electron chi connectivity index (χ0n) is 12.9. The molecule has 0 aliphatic carbocycles. The highest BCUT2D eigenvalue weighted by Crippen LogP contribution is 2.29. The van der Waals surface area contributed by atoms with Gasteiger partial charge in [-0.1, -0.05) is 0 Å². The Labute approximate surface area is 125 Å². The normalized spacial score (nSPS) is 19.8. The summed E-state index contributed by atoms with van der Waals surface area (Å²) >= 11 is 0. The van der Waals surface area contributed by atoms with Crippen molar-refractivity contribution in [2.24, 2.45) is 0 Å². The summed E-state index contributed by atoms with van der Waals surface area (Å²) in [5.74, 6) is -0.233. The number of anilines is 2. The second-order valence-electron chi connectivity index (χ2n) is 5.67. The van der Waals surface area contributed by atoms with Crippen molar-refractivity contribution in [3.05, 3.63) is 17.9 Å². The molecule has 0 saturated carbocycles. The summed E-state index contributed by atoms with van der Waals surface area (Å²) in [5, 5.41) is 3.22. The number of nitrogens with zero attached hydrogens (tertiary/aromatic N) is 1. The predicted octanol–water partition coefficient (Wildman–Crippen LogP) is 1.94. The molecule has 0 amide bonds. The van der Waals surface area contributed by atoms with Gasteiger partial charge >= 0.3 is 0 Å². The van der Waals surface area contributed by atoms with Gasteiger partial charge in [-0.3, -0.25) is 0 Å². The fraction of sp³-hybridized carbons (Fsp3) is 0.600. The molecular weight excluding hydrogens is 273 g/mol. The summed E-state index contributed by atoms with van der Waals surface area (Å²) in [6.07, 6.45) is 0.00831. The van der Waals surface area contributed by atoms with Gasteiger partial charge in [-0.2, -0.15) is 0 Å². The lowest BCUT2D eigenvalue weighted by Gasteiger charge is -2.30. The number of hydrogen-bond donors (Lipinski definition) is 2. The van der Waals surface area contributed by atoms with E-state index in [-0.39, 0.29) is 18.0 Å². The number of likely N-dealkylation sites (N-methyl/N-ethyl adjacent to an activating group) is 1. The van der Waals surface area contributed by atoms with E-state index >= 15 is 0 Å². The third-order valence-corrected chi connectivity index (χ3v) is 3.33. The van der Waals surface area contributed by atoms with E-state index in [1.54, 1.807) is 6.07 Å². The van der Waals surface area contributed by atoms with Gasteiger partial charge in [0.05, 0.1) is 30.2 Å². The van der Waals surface area contributed by atoms with Crippen LogP contribution in [-0.2, 0) is 4.74 Å². The maximum atomic E-state index is 13.8. The molecule has 1 saturated heterocycles. The lowest BCUT2D eigenvalue weighted by atomic mass is 10.2. The summed E-state index contributed by atoms with van der Waals surface area (Å²) in [5.41, 5.74) is 6.89. The number of halogens is 1.